The van der Waals surface area contributed by atoms with Gasteiger partial charge in [-0.1, -0.05) is 13.3 Å². The summed E-state index contributed by atoms with van der Waals surface area (Å²) in [5.74, 6) is 1.35. The Balaban J connectivity index is 1.74. The molecule has 2 fully saturated rings. The van der Waals surface area contributed by atoms with E-state index in [2.05, 4.69) is 12.2 Å². The Morgan fingerprint density at radius 3 is 2.44 bits per heavy atom. The fourth-order valence-corrected chi connectivity index (χ4v) is 3.30. The molecule has 1 N–H and O–H groups in total. The number of carbonyl (C=O) groups excluding carboxylic acids is 1. The maximum absolute atomic E-state index is 12.1. The standard InChI is InChI=1S/C15H27NO2/c1-12-4-6-13(7-5-12)14(17)16-10-15(11-18-2)8-3-9-15/h12-13H,3-11H2,1-2H3,(H,16,17). The molecule has 3 heteroatoms. The van der Waals surface area contributed by atoms with Gasteiger partial charge >= 0.3 is 0 Å². The molecule has 0 aromatic carbocycles. The van der Waals surface area contributed by atoms with Gasteiger partial charge in [0.05, 0.1) is 6.61 Å². The van der Waals surface area contributed by atoms with Crippen LogP contribution in [-0.4, -0.2) is 26.2 Å². The zero-order valence-corrected chi connectivity index (χ0v) is 11.8. The molecular weight excluding hydrogens is 226 g/mol. The molecule has 104 valence electrons. The quantitative estimate of drug-likeness (QED) is 0.818. The summed E-state index contributed by atoms with van der Waals surface area (Å²) in [5, 5.41) is 3.18. The van der Waals surface area contributed by atoms with Crippen LogP contribution in [0.2, 0.25) is 0 Å². The van der Waals surface area contributed by atoms with Gasteiger partial charge in [-0.2, -0.15) is 0 Å². The van der Waals surface area contributed by atoms with Crippen LogP contribution in [0.3, 0.4) is 0 Å². The molecule has 18 heavy (non-hydrogen) atoms. The number of carbonyl (C=O) groups is 1. The summed E-state index contributed by atoms with van der Waals surface area (Å²) in [6.45, 7) is 3.89. The highest BCUT2D eigenvalue weighted by atomic mass is 16.5. The molecule has 2 rings (SSSR count). The van der Waals surface area contributed by atoms with Crippen molar-refractivity contribution in [3.8, 4) is 0 Å². The van der Waals surface area contributed by atoms with E-state index in [-0.39, 0.29) is 17.2 Å². The SMILES string of the molecule is COCC1(CNC(=O)C2CCC(C)CC2)CCC1. The van der Waals surface area contributed by atoms with E-state index >= 15 is 0 Å². The molecule has 0 saturated heterocycles. The van der Waals surface area contributed by atoms with Gasteiger partial charge in [-0.05, 0) is 44.4 Å². The Kier molecular flexibility index (Phi) is 4.66. The topological polar surface area (TPSA) is 38.3 Å². The first kappa shape index (κ1) is 13.9. The van der Waals surface area contributed by atoms with Crippen LogP contribution in [0, 0.1) is 17.3 Å². The molecule has 2 aliphatic carbocycles. The molecule has 1 amide bonds. The first-order chi connectivity index (χ1) is 8.65. The van der Waals surface area contributed by atoms with Crippen LogP contribution < -0.4 is 5.32 Å². The highest BCUT2D eigenvalue weighted by Crippen LogP contribution is 2.40. The molecule has 0 heterocycles. The van der Waals surface area contributed by atoms with Crippen LogP contribution in [0.4, 0.5) is 0 Å². The summed E-state index contributed by atoms with van der Waals surface area (Å²) in [7, 11) is 1.75. The van der Waals surface area contributed by atoms with Gasteiger partial charge in [0.15, 0.2) is 0 Å². The lowest BCUT2D eigenvalue weighted by molar-refractivity contribution is -0.127. The third kappa shape index (κ3) is 3.25. The summed E-state index contributed by atoms with van der Waals surface area (Å²) >= 11 is 0. The van der Waals surface area contributed by atoms with Crippen molar-refractivity contribution in [1.29, 1.82) is 0 Å². The Morgan fingerprint density at radius 1 is 1.28 bits per heavy atom. The summed E-state index contributed by atoms with van der Waals surface area (Å²) in [6, 6.07) is 0. The number of ether oxygens (including phenoxy) is 1. The number of hydrogen-bond donors (Lipinski definition) is 1. The average molecular weight is 253 g/mol. The van der Waals surface area contributed by atoms with Crippen molar-refractivity contribution in [2.75, 3.05) is 20.3 Å². The van der Waals surface area contributed by atoms with E-state index in [1.807, 2.05) is 0 Å². The fourth-order valence-electron chi connectivity index (χ4n) is 3.30. The van der Waals surface area contributed by atoms with Gasteiger partial charge in [-0.25, -0.2) is 0 Å². The first-order valence-electron chi connectivity index (χ1n) is 7.42. The molecule has 0 aliphatic heterocycles. The van der Waals surface area contributed by atoms with Crippen LogP contribution in [0.1, 0.15) is 51.9 Å². The van der Waals surface area contributed by atoms with Crippen LogP contribution in [-0.2, 0) is 9.53 Å². The number of methoxy groups -OCH3 is 1. The number of hydrogen-bond acceptors (Lipinski definition) is 2. The van der Waals surface area contributed by atoms with E-state index in [9.17, 15) is 4.79 Å². The van der Waals surface area contributed by atoms with Crippen LogP contribution in [0.5, 0.6) is 0 Å². The van der Waals surface area contributed by atoms with E-state index in [1.54, 1.807) is 7.11 Å². The summed E-state index contributed by atoms with van der Waals surface area (Å²) < 4.78 is 5.29. The van der Waals surface area contributed by atoms with Crippen molar-refractivity contribution >= 4 is 5.91 Å². The van der Waals surface area contributed by atoms with E-state index in [0.717, 1.165) is 31.9 Å². The Labute approximate surface area is 111 Å². The smallest absolute Gasteiger partial charge is 0.223 e. The van der Waals surface area contributed by atoms with Gasteiger partial charge in [-0.3, -0.25) is 4.79 Å². The predicted molar refractivity (Wildman–Crippen MR) is 72.3 cm³/mol. The van der Waals surface area contributed by atoms with Crippen LogP contribution in [0.15, 0.2) is 0 Å². The average Bonchev–Trinajstić information content (AvgIpc) is 2.33. The molecule has 2 aliphatic rings. The van der Waals surface area contributed by atoms with Crippen molar-refractivity contribution in [2.45, 2.75) is 51.9 Å². The van der Waals surface area contributed by atoms with Crippen molar-refractivity contribution in [2.24, 2.45) is 17.3 Å². The summed E-state index contributed by atoms with van der Waals surface area (Å²) in [6.07, 6.45) is 8.24. The zero-order valence-electron chi connectivity index (χ0n) is 11.8. The Hall–Kier alpha value is -0.570. The number of amides is 1. The second-order valence-electron chi connectivity index (χ2n) is 6.46. The third-order valence-corrected chi connectivity index (χ3v) is 4.89. The maximum atomic E-state index is 12.1. The van der Waals surface area contributed by atoms with E-state index < -0.39 is 0 Å². The molecule has 2 saturated carbocycles. The zero-order chi connectivity index (χ0) is 13.0. The molecule has 0 atom stereocenters. The van der Waals surface area contributed by atoms with Gasteiger partial charge in [0.2, 0.25) is 5.91 Å². The molecule has 3 nitrogen and oxygen atoms in total. The minimum absolute atomic E-state index is 0.242. The maximum Gasteiger partial charge on any atom is 0.223 e. The number of rotatable bonds is 5. The Bertz CT molecular complexity index is 278. The molecular formula is C15H27NO2. The monoisotopic (exact) mass is 253 g/mol. The van der Waals surface area contributed by atoms with Gasteiger partial charge in [0.1, 0.15) is 0 Å². The van der Waals surface area contributed by atoms with Crippen molar-refractivity contribution in [3.05, 3.63) is 0 Å². The predicted octanol–water partition coefficient (Wildman–Crippen LogP) is 2.75. The van der Waals surface area contributed by atoms with Crippen molar-refractivity contribution in [1.82, 2.24) is 5.32 Å². The lowest BCUT2D eigenvalue weighted by Crippen LogP contribution is -2.46. The Morgan fingerprint density at radius 2 is 1.94 bits per heavy atom. The van der Waals surface area contributed by atoms with Crippen LogP contribution >= 0.6 is 0 Å². The van der Waals surface area contributed by atoms with Crippen LogP contribution in [0.25, 0.3) is 0 Å². The van der Waals surface area contributed by atoms with Crippen molar-refractivity contribution in [3.63, 3.8) is 0 Å². The molecule has 0 bridgehead atoms. The van der Waals surface area contributed by atoms with Gasteiger partial charge in [-0.15, -0.1) is 0 Å². The van der Waals surface area contributed by atoms with Crippen molar-refractivity contribution < 1.29 is 9.53 Å². The lowest BCUT2D eigenvalue weighted by Gasteiger charge is -2.41. The summed E-state index contributed by atoms with van der Waals surface area (Å²) in [4.78, 5) is 12.1. The normalized spacial score (nSPS) is 30.6. The lowest BCUT2D eigenvalue weighted by atomic mass is 9.69. The third-order valence-electron chi connectivity index (χ3n) is 4.89. The van der Waals surface area contributed by atoms with Gasteiger partial charge in [0, 0.05) is 25.0 Å². The summed E-state index contributed by atoms with van der Waals surface area (Å²) in [5.41, 5.74) is 0.242. The molecule has 0 aromatic heterocycles. The first-order valence-corrected chi connectivity index (χ1v) is 7.42. The second kappa shape index (κ2) is 6.05. The van der Waals surface area contributed by atoms with E-state index in [4.69, 9.17) is 4.74 Å². The second-order valence-corrected chi connectivity index (χ2v) is 6.46. The molecule has 0 aromatic rings. The molecule has 0 radical (unpaired) electrons. The largest absolute Gasteiger partial charge is 0.384 e. The minimum atomic E-state index is 0.242. The molecule has 0 spiro atoms. The fraction of sp³-hybridized carbons (Fsp3) is 0.933. The van der Waals surface area contributed by atoms with Gasteiger partial charge in [0.25, 0.3) is 0 Å². The minimum Gasteiger partial charge on any atom is -0.384 e. The highest BCUT2D eigenvalue weighted by Gasteiger charge is 2.37. The highest BCUT2D eigenvalue weighted by molar-refractivity contribution is 5.78. The van der Waals surface area contributed by atoms with E-state index in [0.29, 0.717) is 0 Å². The van der Waals surface area contributed by atoms with Gasteiger partial charge < -0.3 is 10.1 Å². The molecule has 0 unspecified atom stereocenters. The number of nitrogens with one attached hydrogen (secondary N) is 1. The van der Waals surface area contributed by atoms with E-state index in [1.165, 1.54) is 32.1 Å².